The van der Waals surface area contributed by atoms with E-state index < -0.39 is 31.8 Å². The number of carbonyl (C=O) groups excluding carboxylic acids is 3. The Labute approximate surface area is 341 Å². The number of halogens is 1. The number of nitrogens with zero attached hydrogens (tertiary/aromatic N) is 2. The van der Waals surface area contributed by atoms with Crippen LogP contribution in [0.4, 0.5) is 10.5 Å². The summed E-state index contributed by atoms with van der Waals surface area (Å²) >= 11 is 6.35. The molecule has 1 heterocycles. The molecule has 0 aliphatic heterocycles. The van der Waals surface area contributed by atoms with E-state index in [-0.39, 0.29) is 30.4 Å². The zero-order chi connectivity index (χ0) is 40.8. The van der Waals surface area contributed by atoms with Gasteiger partial charge in [-0.25, -0.2) is 9.59 Å². The summed E-state index contributed by atoms with van der Waals surface area (Å²) in [6, 6.07) is 14.8. The Kier molecular flexibility index (Phi) is 13.7. The molecule has 1 aromatic heterocycles. The average molecular weight is 824 g/mol. The highest BCUT2D eigenvalue weighted by Crippen LogP contribution is 2.58. The number of aryl methyl sites for hydroxylation is 1. The number of ether oxygens (including phenoxy) is 3. The van der Waals surface area contributed by atoms with Crippen molar-refractivity contribution in [3.63, 3.8) is 0 Å². The van der Waals surface area contributed by atoms with Crippen LogP contribution in [0.15, 0.2) is 54.7 Å². The maximum atomic E-state index is 13.8. The number of hydrogen-bond donors (Lipinski definition) is 2. The number of alkyl carbamates (subject to hydrolysis) is 1. The van der Waals surface area contributed by atoms with E-state index in [1.807, 2.05) is 24.4 Å². The number of amides is 2. The second-order valence-electron chi connectivity index (χ2n) is 16.5. The monoisotopic (exact) mass is 823 g/mol. The molecule has 1 saturated carbocycles. The van der Waals surface area contributed by atoms with Crippen molar-refractivity contribution in [2.24, 2.45) is 11.8 Å². The molecule has 57 heavy (non-hydrogen) atoms. The molecule has 3 atom stereocenters. The van der Waals surface area contributed by atoms with Crippen LogP contribution in [0.2, 0.25) is 5.02 Å². The van der Waals surface area contributed by atoms with Gasteiger partial charge >= 0.3 is 20.7 Å². The number of nitrogens with one attached hydrogen (secondary N) is 1. The van der Waals surface area contributed by atoms with E-state index in [9.17, 15) is 19.3 Å². The Hall–Kier alpha value is -3.96. The third kappa shape index (κ3) is 9.85. The minimum Gasteiger partial charge on any atom is -0.493 e. The lowest BCUT2D eigenvalue weighted by Gasteiger charge is -2.50. The zero-order valence-corrected chi connectivity index (χ0v) is 35.2. The van der Waals surface area contributed by atoms with Gasteiger partial charge in [-0.15, -0.1) is 0 Å². The van der Waals surface area contributed by atoms with Gasteiger partial charge in [0, 0.05) is 34.7 Å². The molecule has 3 aromatic rings. The highest BCUT2D eigenvalue weighted by atomic mass is 35.5. The van der Waals surface area contributed by atoms with Crippen molar-refractivity contribution in [3.8, 4) is 11.5 Å². The summed E-state index contributed by atoms with van der Waals surface area (Å²) in [5, 5.41) is 3.07. The SMILES string of the molecule is COC(=O)C1(N(C=O)c2cccc(Cl)c2)CCC2(CC1)c1cc(OP(O)OCCNC(=O)OC(C)(C)C)ccc1CC2C[C@@H](C)COc1ccnc2c1CCCC2. The fourth-order valence-electron chi connectivity index (χ4n) is 9.02. The number of pyridine rings is 1. The van der Waals surface area contributed by atoms with Crippen molar-refractivity contribution in [1.29, 1.82) is 0 Å². The molecule has 3 aliphatic carbocycles. The van der Waals surface area contributed by atoms with Gasteiger partial charge in [0.05, 0.1) is 20.3 Å². The van der Waals surface area contributed by atoms with E-state index in [1.165, 1.54) is 23.1 Å². The second-order valence-corrected chi connectivity index (χ2v) is 17.9. The lowest BCUT2D eigenvalue weighted by Crippen LogP contribution is -2.59. The van der Waals surface area contributed by atoms with Crippen molar-refractivity contribution in [2.75, 3.05) is 31.8 Å². The molecule has 12 nitrogen and oxygen atoms in total. The molecular weight excluding hydrogens is 769 g/mol. The molecule has 2 aromatic carbocycles. The summed E-state index contributed by atoms with van der Waals surface area (Å²) in [5.74, 6) is 1.33. The number of hydrogen-bond acceptors (Lipinski definition) is 10. The van der Waals surface area contributed by atoms with Crippen molar-refractivity contribution < 1.29 is 42.5 Å². The normalized spacial score (nSPS) is 22.4. The maximum Gasteiger partial charge on any atom is 0.407 e. The topological polar surface area (TPSA) is 146 Å². The van der Waals surface area contributed by atoms with Gasteiger partial charge in [-0.1, -0.05) is 30.7 Å². The van der Waals surface area contributed by atoms with Crippen LogP contribution in [0, 0.1) is 11.8 Å². The van der Waals surface area contributed by atoms with E-state index in [1.54, 1.807) is 45.0 Å². The Morgan fingerprint density at radius 3 is 2.60 bits per heavy atom. The van der Waals surface area contributed by atoms with Gasteiger partial charge in [0.1, 0.15) is 22.6 Å². The van der Waals surface area contributed by atoms with Crippen LogP contribution < -0.4 is 19.5 Å². The van der Waals surface area contributed by atoms with Crippen LogP contribution in [0.25, 0.3) is 0 Å². The first-order chi connectivity index (χ1) is 27.3. The molecule has 2 unspecified atom stereocenters. The van der Waals surface area contributed by atoms with Crippen LogP contribution in [-0.2, 0) is 48.3 Å². The third-order valence-electron chi connectivity index (χ3n) is 11.6. The van der Waals surface area contributed by atoms with Gasteiger partial charge in [-0.05, 0) is 150 Å². The lowest BCUT2D eigenvalue weighted by atomic mass is 9.59. The van der Waals surface area contributed by atoms with Gasteiger partial charge in [0.25, 0.3) is 0 Å². The number of aromatic nitrogens is 1. The minimum absolute atomic E-state index is 0.0239. The predicted molar refractivity (Wildman–Crippen MR) is 219 cm³/mol. The fourth-order valence-corrected chi connectivity index (χ4v) is 9.80. The zero-order valence-electron chi connectivity index (χ0n) is 33.6. The molecular formula is C43H55ClN3O9P. The first-order valence-corrected chi connectivity index (χ1v) is 21.4. The van der Waals surface area contributed by atoms with Gasteiger partial charge in [0.15, 0.2) is 0 Å². The number of carbonyl (C=O) groups is 3. The minimum atomic E-state index is -2.30. The summed E-state index contributed by atoms with van der Waals surface area (Å²) < 4.78 is 28.6. The van der Waals surface area contributed by atoms with E-state index in [2.05, 4.69) is 23.3 Å². The quantitative estimate of drug-likeness (QED) is 0.0663. The number of anilines is 1. The highest BCUT2D eigenvalue weighted by Gasteiger charge is 2.56. The fraction of sp³-hybridized carbons (Fsp3) is 0.535. The predicted octanol–water partition coefficient (Wildman–Crippen LogP) is 8.42. The number of methoxy groups -OCH3 is 1. The van der Waals surface area contributed by atoms with Crippen molar-refractivity contribution in [3.05, 3.63) is 82.1 Å². The molecule has 3 aliphatic rings. The summed E-state index contributed by atoms with van der Waals surface area (Å²) in [6.45, 7) is 8.27. The Morgan fingerprint density at radius 1 is 1.11 bits per heavy atom. The average Bonchev–Trinajstić information content (AvgIpc) is 3.46. The standard InChI is InChI=1S/C43H55ClN3O9P/c1-29(27-53-38-15-20-45-37-12-7-6-11-35(37)38)23-31-24-30-13-14-34(56-57(51)54-22-21-46-40(50)55-41(2,3)4)26-36(30)42(31)16-18-43(19-17-42,39(49)52-5)47(28-48)33-10-8-9-32(44)25-33/h8-10,13-15,20,25-26,28-29,31,51H,6-7,11-12,16-19,21-24,27H2,1-5H3,(H,46,50)/t29-,31?,42?,43?,57?/m1/s1. The number of esters is 1. The molecule has 0 radical (unpaired) electrons. The number of fused-ring (bicyclic) bond motifs is 3. The maximum absolute atomic E-state index is 13.8. The van der Waals surface area contributed by atoms with Crippen molar-refractivity contribution in [1.82, 2.24) is 10.3 Å². The van der Waals surface area contributed by atoms with Crippen LogP contribution in [0.5, 0.6) is 11.5 Å². The molecule has 14 heteroatoms. The molecule has 308 valence electrons. The van der Waals surface area contributed by atoms with E-state index in [0.717, 1.165) is 55.5 Å². The summed E-state index contributed by atoms with van der Waals surface area (Å²) in [7, 11) is -0.944. The first-order valence-electron chi connectivity index (χ1n) is 19.9. The van der Waals surface area contributed by atoms with Crippen LogP contribution >= 0.6 is 20.2 Å². The largest absolute Gasteiger partial charge is 0.493 e. The smallest absolute Gasteiger partial charge is 0.407 e. The summed E-state index contributed by atoms with van der Waals surface area (Å²) in [4.78, 5) is 55.5. The van der Waals surface area contributed by atoms with Crippen LogP contribution in [0.1, 0.15) is 95.0 Å². The van der Waals surface area contributed by atoms with Crippen LogP contribution in [-0.4, -0.2) is 66.4 Å². The van der Waals surface area contributed by atoms with Crippen molar-refractivity contribution >= 4 is 44.4 Å². The van der Waals surface area contributed by atoms with E-state index in [4.69, 9.17) is 34.9 Å². The molecule has 2 amide bonds. The van der Waals surface area contributed by atoms with Gasteiger partial charge in [-0.3, -0.25) is 14.7 Å². The lowest BCUT2D eigenvalue weighted by molar-refractivity contribution is -0.150. The van der Waals surface area contributed by atoms with Crippen LogP contribution in [0.3, 0.4) is 0 Å². The van der Waals surface area contributed by atoms with Gasteiger partial charge < -0.3 is 33.5 Å². The van der Waals surface area contributed by atoms with Gasteiger partial charge in [0.2, 0.25) is 6.41 Å². The van der Waals surface area contributed by atoms with E-state index >= 15 is 0 Å². The highest BCUT2D eigenvalue weighted by molar-refractivity contribution is 7.41. The summed E-state index contributed by atoms with van der Waals surface area (Å²) in [5.41, 5.74) is 2.96. The Balaban J connectivity index is 1.22. The molecule has 2 N–H and O–H groups in total. The Morgan fingerprint density at radius 2 is 1.88 bits per heavy atom. The van der Waals surface area contributed by atoms with Crippen molar-refractivity contribution in [2.45, 2.75) is 108 Å². The second kappa shape index (κ2) is 18.3. The Bertz CT molecular complexity index is 1900. The van der Waals surface area contributed by atoms with Gasteiger partial charge in [-0.2, -0.15) is 0 Å². The molecule has 0 bridgehead atoms. The number of benzene rings is 2. The van der Waals surface area contributed by atoms with E-state index in [0.29, 0.717) is 55.2 Å². The summed E-state index contributed by atoms with van der Waals surface area (Å²) in [6.07, 6.45) is 9.85. The first kappa shape index (κ1) is 42.6. The third-order valence-corrected chi connectivity index (χ3v) is 12.6. The molecule has 0 saturated heterocycles. The molecule has 1 spiro atoms. The molecule has 1 fully saturated rings. The molecule has 6 rings (SSSR count). The number of rotatable bonds is 15.